The van der Waals surface area contributed by atoms with Crippen LogP contribution in [0.15, 0.2) is 24.3 Å². The van der Waals surface area contributed by atoms with E-state index in [0.29, 0.717) is 15.2 Å². The molecule has 9 heteroatoms. The highest BCUT2D eigenvalue weighted by atomic mass is 35.5. The first-order chi connectivity index (χ1) is 12.4. The van der Waals surface area contributed by atoms with Crippen molar-refractivity contribution < 1.29 is 9.59 Å². The lowest BCUT2D eigenvalue weighted by Gasteiger charge is -2.22. The van der Waals surface area contributed by atoms with Crippen molar-refractivity contribution in [3.8, 4) is 10.6 Å². The number of aromatic nitrogens is 2. The molecule has 26 heavy (non-hydrogen) atoms. The van der Waals surface area contributed by atoms with E-state index < -0.39 is 6.04 Å². The highest BCUT2D eigenvalue weighted by Crippen LogP contribution is 2.27. The van der Waals surface area contributed by atoms with Crippen molar-refractivity contribution in [3.05, 3.63) is 29.3 Å². The number of alkyl halides is 1. The lowest BCUT2D eigenvalue weighted by atomic mass is 9.98. The van der Waals surface area contributed by atoms with Crippen molar-refractivity contribution in [1.29, 1.82) is 0 Å². The number of hydrogen-bond acceptors (Lipinski definition) is 5. The van der Waals surface area contributed by atoms with Gasteiger partial charge in [0.1, 0.15) is 11.0 Å². The number of nitrogens with zero attached hydrogens (tertiary/aromatic N) is 2. The van der Waals surface area contributed by atoms with Crippen LogP contribution in [0.3, 0.4) is 0 Å². The van der Waals surface area contributed by atoms with Crippen LogP contribution in [-0.2, 0) is 9.59 Å². The summed E-state index contributed by atoms with van der Waals surface area (Å²) in [6, 6.07) is 6.55. The van der Waals surface area contributed by atoms with Gasteiger partial charge in [-0.1, -0.05) is 55.3 Å². The van der Waals surface area contributed by atoms with Crippen LogP contribution in [0.5, 0.6) is 0 Å². The van der Waals surface area contributed by atoms with E-state index in [9.17, 15) is 9.59 Å². The van der Waals surface area contributed by atoms with Crippen LogP contribution >= 0.6 is 34.5 Å². The van der Waals surface area contributed by atoms with Crippen LogP contribution < -0.4 is 10.6 Å². The number of amides is 2. The largest absolute Gasteiger partial charge is 0.344 e. The molecule has 0 saturated heterocycles. The van der Waals surface area contributed by atoms with Gasteiger partial charge in [0.2, 0.25) is 16.9 Å². The summed E-state index contributed by atoms with van der Waals surface area (Å²) in [5.74, 6) is -0.389. The minimum atomic E-state index is -0.654. The highest BCUT2D eigenvalue weighted by Gasteiger charge is 2.26. The van der Waals surface area contributed by atoms with E-state index in [-0.39, 0.29) is 30.0 Å². The highest BCUT2D eigenvalue weighted by molar-refractivity contribution is 7.18. The molecule has 0 spiro atoms. The molecule has 0 aliphatic heterocycles. The molecule has 1 aromatic carbocycles. The Hall–Kier alpha value is -1.70. The minimum Gasteiger partial charge on any atom is -0.344 e. The van der Waals surface area contributed by atoms with Gasteiger partial charge in [-0.3, -0.25) is 14.9 Å². The van der Waals surface area contributed by atoms with Gasteiger partial charge < -0.3 is 5.32 Å². The summed E-state index contributed by atoms with van der Waals surface area (Å²) >= 11 is 12.7. The molecule has 2 unspecified atom stereocenters. The smallest absolute Gasteiger partial charge is 0.249 e. The van der Waals surface area contributed by atoms with Crippen LogP contribution in [0, 0.1) is 5.92 Å². The van der Waals surface area contributed by atoms with E-state index in [1.165, 1.54) is 11.3 Å². The SMILES string of the molecule is CCC(C)C(NC(=O)CCCl)C(=O)Nc1nnc(-c2ccc(Cl)cc2)s1. The molecule has 1 heterocycles. The normalized spacial score (nSPS) is 13.1. The zero-order chi connectivity index (χ0) is 19.1. The zero-order valence-electron chi connectivity index (χ0n) is 14.5. The quantitative estimate of drug-likeness (QED) is 0.640. The molecule has 0 bridgehead atoms. The van der Waals surface area contributed by atoms with E-state index in [4.69, 9.17) is 23.2 Å². The summed E-state index contributed by atoms with van der Waals surface area (Å²) in [6.45, 7) is 3.87. The van der Waals surface area contributed by atoms with Gasteiger partial charge in [0, 0.05) is 22.9 Å². The number of anilines is 1. The topological polar surface area (TPSA) is 84.0 Å². The number of carbonyl (C=O) groups excluding carboxylic acids is 2. The molecule has 0 aliphatic rings. The van der Waals surface area contributed by atoms with Crippen molar-refractivity contribution in [2.45, 2.75) is 32.7 Å². The minimum absolute atomic E-state index is 0.0297. The van der Waals surface area contributed by atoms with Gasteiger partial charge in [-0.15, -0.1) is 21.8 Å². The maximum atomic E-state index is 12.6. The number of carbonyl (C=O) groups is 2. The molecule has 2 aromatic rings. The second-order valence-corrected chi connectivity index (χ2v) is 7.57. The average Bonchev–Trinajstić information content (AvgIpc) is 3.08. The Morgan fingerprint density at radius 1 is 1.23 bits per heavy atom. The van der Waals surface area contributed by atoms with Gasteiger partial charge in [-0.05, 0) is 18.1 Å². The molecular formula is C17H20Cl2N4O2S. The lowest BCUT2D eigenvalue weighted by Crippen LogP contribution is -2.47. The second kappa shape index (κ2) is 9.85. The number of halogens is 2. The first kappa shape index (κ1) is 20.6. The fourth-order valence-electron chi connectivity index (χ4n) is 2.20. The van der Waals surface area contributed by atoms with Crippen molar-refractivity contribution in [2.75, 3.05) is 11.2 Å². The van der Waals surface area contributed by atoms with Crippen LogP contribution in [0.2, 0.25) is 5.02 Å². The van der Waals surface area contributed by atoms with E-state index in [2.05, 4.69) is 20.8 Å². The Morgan fingerprint density at radius 2 is 1.92 bits per heavy atom. The van der Waals surface area contributed by atoms with Crippen LogP contribution in [0.25, 0.3) is 10.6 Å². The van der Waals surface area contributed by atoms with E-state index >= 15 is 0 Å². The summed E-state index contributed by atoms with van der Waals surface area (Å²) in [4.78, 5) is 24.4. The first-order valence-corrected chi connectivity index (χ1v) is 9.93. The summed E-state index contributed by atoms with van der Waals surface area (Å²) in [7, 11) is 0. The standard InChI is InChI=1S/C17H20Cl2N4O2S/c1-3-10(2)14(20-13(24)8-9-18)15(25)21-17-23-22-16(26-17)11-4-6-12(19)7-5-11/h4-7,10,14H,3,8-9H2,1-2H3,(H,20,24)(H,21,23,25). The Balaban J connectivity index is 2.08. The van der Waals surface area contributed by atoms with Crippen molar-refractivity contribution in [1.82, 2.24) is 15.5 Å². The van der Waals surface area contributed by atoms with Gasteiger partial charge >= 0.3 is 0 Å². The molecule has 6 nitrogen and oxygen atoms in total. The Kier molecular flexibility index (Phi) is 7.81. The zero-order valence-corrected chi connectivity index (χ0v) is 16.8. The molecule has 140 valence electrons. The molecule has 2 N–H and O–H groups in total. The number of nitrogens with one attached hydrogen (secondary N) is 2. The molecule has 2 atom stereocenters. The van der Waals surface area contributed by atoms with E-state index in [1.54, 1.807) is 12.1 Å². The predicted octanol–water partition coefficient (Wildman–Crippen LogP) is 3.96. The second-order valence-electron chi connectivity index (χ2n) is 5.78. The summed E-state index contributed by atoms with van der Waals surface area (Å²) < 4.78 is 0. The molecule has 2 rings (SSSR count). The third kappa shape index (κ3) is 5.65. The fraction of sp³-hybridized carbons (Fsp3) is 0.412. The molecule has 0 saturated carbocycles. The molecule has 2 amide bonds. The van der Waals surface area contributed by atoms with Crippen LogP contribution in [-0.4, -0.2) is 33.9 Å². The monoisotopic (exact) mass is 414 g/mol. The third-order valence-electron chi connectivity index (χ3n) is 3.88. The van der Waals surface area contributed by atoms with Gasteiger partial charge in [0.25, 0.3) is 0 Å². The molecule has 0 radical (unpaired) electrons. The van der Waals surface area contributed by atoms with Crippen LogP contribution in [0.1, 0.15) is 26.7 Å². The molecule has 0 aliphatic carbocycles. The first-order valence-electron chi connectivity index (χ1n) is 8.20. The average molecular weight is 415 g/mol. The van der Waals surface area contributed by atoms with Gasteiger partial charge in [0.15, 0.2) is 0 Å². The van der Waals surface area contributed by atoms with Gasteiger partial charge in [0.05, 0.1) is 0 Å². The number of rotatable bonds is 8. The number of benzene rings is 1. The third-order valence-corrected chi connectivity index (χ3v) is 5.21. The summed E-state index contributed by atoms with van der Waals surface area (Å²) in [6.07, 6.45) is 0.909. The Bertz CT molecular complexity index is 751. The summed E-state index contributed by atoms with van der Waals surface area (Å²) in [5, 5.41) is 15.3. The number of hydrogen-bond donors (Lipinski definition) is 2. The van der Waals surface area contributed by atoms with E-state index in [1.807, 2.05) is 26.0 Å². The molecular weight excluding hydrogens is 395 g/mol. The van der Waals surface area contributed by atoms with E-state index in [0.717, 1.165) is 12.0 Å². The molecule has 1 aromatic heterocycles. The van der Waals surface area contributed by atoms with Crippen molar-refractivity contribution >= 4 is 51.5 Å². The maximum absolute atomic E-state index is 12.6. The molecule has 0 fully saturated rings. The lowest BCUT2D eigenvalue weighted by molar-refractivity contribution is -0.127. The maximum Gasteiger partial charge on any atom is 0.249 e. The van der Waals surface area contributed by atoms with Gasteiger partial charge in [-0.2, -0.15) is 0 Å². The van der Waals surface area contributed by atoms with Crippen LogP contribution in [0.4, 0.5) is 5.13 Å². The fourth-order valence-corrected chi connectivity index (χ4v) is 3.25. The van der Waals surface area contributed by atoms with Crippen molar-refractivity contribution in [2.24, 2.45) is 5.92 Å². The van der Waals surface area contributed by atoms with Crippen molar-refractivity contribution in [3.63, 3.8) is 0 Å². The predicted molar refractivity (Wildman–Crippen MR) is 106 cm³/mol. The van der Waals surface area contributed by atoms with Gasteiger partial charge in [-0.25, -0.2) is 0 Å². The Morgan fingerprint density at radius 3 is 2.54 bits per heavy atom. The summed E-state index contributed by atoms with van der Waals surface area (Å²) in [5.41, 5.74) is 0.862. The Labute approximate surface area is 166 Å².